The first-order valence-electron chi connectivity index (χ1n) is 5.78. The number of rotatable bonds is 6. The minimum atomic E-state index is -1.03. The zero-order valence-electron chi connectivity index (χ0n) is 10.5. The van der Waals surface area contributed by atoms with Crippen LogP contribution in [0.2, 0.25) is 0 Å². The van der Waals surface area contributed by atoms with Crippen LogP contribution in [0.3, 0.4) is 0 Å². The molecule has 0 aliphatic rings. The quantitative estimate of drug-likeness (QED) is 0.672. The van der Waals surface area contributed by atoms with Crippen LogP contribution in [-0.4, -0.2) is 39.2 Å². The summed E-state index contributed by atoms with van der Waals surface area (Å²) in [5.41, 5.74) is 0. The zero-order valence-corrected chi connectivity index (χ0v) is 10.5. The summed E-state index contributed by atoms with van der Waals surface area (Å²) in [6.07, 6.45) is 4.46. The minimum absolute atomic E-state index is 0.349. The van der Waals surface area contributed by atoms with Gasteiger partial charge in [-0.15, -0.1) is 0 Å². The number of imidazole rings is 1. The molecule has 1 rings (SSSR count). The Hall–Kier alpha value is -2.05. The maximum absolute atomic E-state index is 11.4. The van der Waals surface area contributed by atoms with E-state index in [1.165, 1.54) is 0 Å². The van der Waals surface area contributed by atoms with E-state index < -0.39 is 18.0 Å². The van der Waals surface area contributed by atoms with Crippen LogP contribution in [0.15, 0.2) is 12.4 Å². The SMILES string of the molecule is CC[C@H](NC(=O)NCCc1nccn1C)C(=O)O. The van der Waals surface area contributed by atoms with Crippen molar-refractivity contribution in [3.8, 4) is 0 Å². The first-order valence-corrected chi connectivity index (χ1v) is 5.78. The Morgan fingerprint density at radius 3 is 2.78 bits per heavy atom. The lowest BCUT2D eigenvalue weighted by Gasteiger charge is -2.13. The van der Waals surface area contributed by atoms with Crippen molar-refractivity contribution in [2.45, 2.75) is 25.8 Å². The van der Waals surface area contributed by atoms with E-state index in [0.717, 1.165) is 5.82 Å². The van der Waals surface area contributed by atoms with E-state index in [1.807, 2.05) is 17.8 Å². The molecule has 0 fully saturated rings. The zero-order chi connectivity index (χ0) is 13.5. The summed E-state index contributed by atoms with van der Waals surface area (Å²) in [7, 11) is 1.87. The lowest BCUT2D eigenvalue weighted by molar-refractivity contribution is -0.139. The molecule has 1 aromatic rings. The molecule has 7 heteroatoms. The second-order valence-electron chi connectivity index (χ2n) is 3.90. The highest BCUT2D eigenvalue weighted by Crippen LogP contribution is 1.94. The van der Waals surface area contributed by atoms with E-state index in [0.29, 0.717) is 19.4 Å². The van der Waals surface area contributed by atoms with Crippen LogP contribution in [0.25, 0.3) is 0 Å². The second kappa shape index (κ2) is 6.63. The summed E-state index contributed by atoms with van der Waals surface area (Å²) < 4.78 is 1.87. The van der Waals surface area contributed by atoms with Crippen LogP contribution in [0.5, 0.6) is 0 Å². The molecule has 2 amide bonds. The Morgan fingerprint density at radius 2 is 2.28 bits per heavy atom. The van der Waals surface area contributed by atoms with Gasteiger partial charge in [0.15, 0.2) is 0 Å². The number of carbonyl (C=O) groups excluding carboxylic acids is 1. The van der Waals surface area contributed by atoms with Crippen molar-refractivity contribution in [3.05, 3.63) is 18.2 Å². The molecule has 0 saturated carbocycles. The number of aromatic nitrogens is 2. The number of hydrogen-bond donors (Lipinski definition) is 3. The summed E-state index contributed by atoms with van der Waals surface area (Å²) in [4.78, 5) is 26.2. The van der Waals surface area contributed by atoms with Crippen molar-refractivity contribution in [1.29, 1.82) is 0 Å². The van der Waals surface area contributed by atoms with Gasteiger partial charge in [0, 0.05) is 32.4 Å². The number of aliphatic carboxylic acids is 1. The van der Waals surface area contributed by atoms with Crippen molar-refractivity contribution >= 4 is 12.0 Å². The first-order chi connectivity index (χ1) is 8.54. The van der Waals surface area contributed by atoms with E-state index in [-0.39, 0.29) is 0 Å². The largest absolute Gasteiger partial charge is 0.480 e. The number of carboxylic acid groups (broad SMARTS) is 1. The molecule has 1 heterocycles. The maximum atomic E-state index is 11.4. The topological polar surface area (TPSA) is 96.3 Å². The highest BCUT2D eigenvalue weighted by molar-refractivity contribution is 5.82. The summed E-state index contributed by atoms with van der Waals surface area (Å²) >= 11 is 0. The highest BCUT2D eigenvalue weighted by atomic mass is 16.4. The van der Waals surface area contributed by atoms with E-state index in [4.69, 9.17) is 5.11 Å². The molecule has 0 radical (unpaired) electrons. The van der Waals surface area contributed by atoms with Crippen molar-refractivity contribution in [2.24, 2.45) is 7.05 Å². The molecular formula is C11H18N4O3. The number of carbonyl (C=O) groups is 2. The molecule has 18 heavy (non-hydrogen) atoms. The number of urea groups is 1. The number of carboxylic acids is 1. The average Bonchev–Trinajstić information content (AvgIpc) is 2.71. The van der Waals surface area contributed by atoms with Gasteiger partial charge < -0.3 is 20.3 Å². The molecule has 0 aromatic carbocycles. The van der Waals surface area contributed by atoms with Crippen LogP contribution < -0.4 is 10.6 Å². The van der Waals surface area contributed by atoms with Gasteiger partial charge in [0.05, 0.1) is 0 Å². The van der Waals surface area contributed by atoms with Crippen molar-refractivity contribution < 1.29 is 14.7 Å². The number of nitrogens with zero attached hydrogens (tertiary/aromatic N) is 2. The fourth-order valence-electron chi connectivity index (χ4n) is 1.47. The maximum Gasteiger partial charge on any atom is 0.326 e. The van der Waals surface area contributed by atoms with Gasteiger partial charge in [-0.3, -0.25) is 0 Å². The van der Waals surface area contributed by atoms with Crippen molar-refractivity contribution in [1.82, 2.24) is 20.2 Å². The predicted octanol–water partition coefficient (Wildman–Crippen LogP) is 0.125. The van der Waals surface area contributed by atoms with Crippen LogP contribution in [0.1, 0.15) is 19.2 Å². The number of nitrogens with one attached hydrogen (secondary N) is 2. The third kappa shape index (κ3) is 4.08. The summed E-state index contributed by atoms with van der Waals surface area (Å²) in [5.74, 6) is -0.169. The summed E-state index contributed by atoms with van der Waals surface area (Å²) in [5, 5.41) is 13.8. The van der Waals surface area contributed by atoms with Gasteiger partial charge in [0.2, 0.25) is 0 Å². The molecule has 3 N–H and O–H groups in total. The fraction of sp³-hybridized carbons (Fsp3) is 0.545. The van der Waals surface area contributed by atoms with Crippen LogP contribution in [-0.2, 0) is 18.3 Å². The minimum Gasteiger partial charge on any atom is -0.480 e. The third-order valence-corrected chi connectivity index (χ3v) is 2.57. The van der Waals surface area contributed by atoms with E-state index >= 15 is 0 Å². The second-order valence-corrected chi connectivity index (χ2v) is 3.90. The standard InChI is InChI=1S/C11H18N4O3/c1-3-8(10(16)17)14-11(18)13-5-4-9-12-6-7-15(9)2/h6-8H,3-5H2,1-2H3,(H,16,17)(H2,13,14,18)/t8-/m0/s1. The van der Waals surface area contributed by atoms with Gasteiger partial charge in [-0.05, 0) is 6.42 Å². The van der Waals surface area contributed by atoms with Crippen LogP contribution >= 0.6 is 0 Å². The van der Waals surface area contributed by atoms with Gasteiger partial charge >= 0.3 is 12.0 Å². The van der Waals surface area contributed by atoms with Crippen molar-refractivity contribution in [3.63, 3.8) is 0 Å². The Balaban J connectivity index is 2.29. The Morgan fingerprint density at radius 1 is 1.56 bits per heavy atom. The van der Waals surface area contributed by atoms with Gasteiger partial charge in [0.25, 0.3) is 0 Å². The van der Waals surface area contributed by atoms with E-state index in [9.17, 15) is 9.59 Å². The smallest absolute Gasteiger partial charge is 0.326 e. The molecule has 0 aliphatic carbocycles. The summed E-state index contributed by atoms with van der Waals surface area (Å²) in [6.45, 7) is 2.11. The highest BCUT2D eigenvalue weighted by Gasteiger charge is 2.16. The molecule has 0 unspecified atom stereocenters. The monoisotopic (exact) mass is 254 g/mol. The molecule has 0 spiro atoms. The average molecular weight is 254 g/mol. The van der Waals surface area contributed by atoms with E-state index in [1.54, 1.807) is 13.1 Å². The van der Waals surface area contributed by atoms with Gasteiger partial charge in [-0.25, -0.2) is 14.6 Å². The fourth-order valence-corrected chi connectivity index (χ4v) is 1.47. The Bertz CT molecular complexity index is 416. The molecule has 0 bridgehead atoms. The molecule has 0 aliphatic heterocycles. The van der Waals surface area contributed by atoms with Crippen molar-refractivity contribution in [2.75, 3.05) is 6.54 Å². The Labute approximate surface area is 105 Å². The normalized spacial score (nSPS) is 11.9. The number of aryl methyl sites for hydroxylation is 1. The molecule has 0 saturated heterocycles. The Kier molecular flexibility index (Phi) is 5.16. The lowest BCUT2D eigenvalue weighted by Crippen LogP contribution is -2.46. The molecule has 1 atom stereocenters. The molecule has 7 nitrogen and oxygen atoms in total. The third-order valence-electron chi connectivity index (χ3n) is 2.57. The van der Waals surface area contributed by atoms with Gasteiger partial charge in [-0.2, -0.15) is 0 Å². The molecular weight excluding hydrogens is 236 g/mol. The predicted molar refractivity (Wildman–Crippen MR) is 65.2 cm³/mol. The summed E-state index contributed by atoms with van der Waals surface area (Å²) in [6, 6.07) is -1.32. The van der Waals surface area contributed by atoms with Crippen LogP contribution in [0, 0.1) is 0 Å². The van der Waals surface area contributed by atoms with E-state index in [2.05, 4.69) is 15.6 Å². The van der Waals surface area contributed by atoms with Gasteiger partial charge in [-0.1, -0.05) is 6.92 Å². The molecule has 1 aromatic heterocycles. The number of amides is 2. The molecule has 100 valence electrons. The van der Waals surface area contributed by atoms with Gasteiger partial charge in [0.1, 0.15) is 11.9 Å². The first kappa shape index (κ1) is 14.0. The number of hydrogen-bond acceptors (Lipinski definition) is 3. The van der Waals surface area contributed by atoms with Crippen LogP contribution in [0.4, 0.5) is 4.79 Å². The lowest BCUT2D eigenvalue weighted by atomic mass is 10.2.